The van der Waals surface area contributed by atoms with Crippen molar-refractivity contribution >= 4 is 50.2 Å². The van der Waals surface area contributed by atoms with Gasteiger partial charge in [-0.25, -0.2) is 9.78 Å². The zero-order valence-corrected chi connectivity index (χ0v) is 20.8. The number of aromatic nitrogens is 1. The summed E-state index contributed by atoms with van der Waals surface area (Å²) in [6, 6.07) is 20.9. The lowest BCUT2D eigenvalue weighted by Crippen LogP contribution is -2.46. The molecule has 7 nitrogen and oxygen atoms in total. The number of hydrogen-bond acceptors (Lipinski definition) is 5. The Morgan fingerprint density at radius 1 is 1.06 bits per heavy atom. The average Bonchev–Trinajstić information content (AvgIpc) is 3.43. The van der Waals surface area contributed by atoms with Crippen LogP contribution in [0.4, 0.5) is 4.79 Å². The molecule has 4 amide bonds. The summed E-state index contributed by atoms with van der Waals surface area (Å²) in [6.07, 6.45) is 2.72. The van der Waals surface area contributed by atoms with Gasteiger partial charge in [0.05, 0.1) is 16.3 Å². The minimum Gasteiger partial charge on any atom is -0.332 e. The maximum absolute atomic E-state index is 13.5. The number of urea groups is 1. The quantitative estimate of drug-likeness (QED) is 0.403. The molecule has 182 valence electrons. The Labute approximate surface area is 212 Å². The number of imide groups is 1. The third kappa shape index (κ3) is 3.73. The van der Waals surface area contributed by atoms with Gasteiger partial charge in [-0.15, -0.1) is 11.3 Å². The molecule has 3 heterocycles. The Kier molecular flexibility index (Phi) is 5.48. The van der Waals surface area contributed by atoms with E-state index in [2.05, 4.69) is 5.32 Å². The van der Waals surface area contributed by atoms with Gasteiger partial charge in [-0.2, -0.15) is 0 Å². The average molecular weight is 499 g/mol. The standard InChI is InChI=1S/C28H26N4O3S/c1-28(20-14-13-18-8-2-3-9-19(18)16-20)26(34)32(27(35)30-28)17-24(33)31-15-7-6-11-22(31)25-29-21-10-4-5-12-23(21)36-25/h2-5,8-10,12-14,16,22H,6-7,11,15,17H2,1H3,(H,30,35). The summed E-state index contributed by atoms with van der Waals surface area (Å²) in [4.78, 5) is 47.6. The highest BCUT2D eigenvalue weighted by molar-refractivity contribution is 7.18. The molecular formula is C28H26N4O3S. The first-order chi connectivity index (χ1) is 17.4. The van der Waals surface area contributed by atoms with Crippen molar-refractivity contribution in [2.24, 2.45) is 0 Å². The molecule has 0 saturated carbocycles. The maximum Gasteiger partial charge on any atom is 0.325 e. The number of nitrogens with zero attached hydrogens (tertiary/aromatic N) is 3. The molecular weight excluding hydrogens is 472 g/mol. The molecule has 2 saturated heterocycles. The second-order valence-corrected chi connectivity index (χ2v) is 10.7. The number of rotatable bonds is 4. The molecule has 1 N–H and O–H groups in total. The molecule has 2 fully saturated rings. The van der Waals surface area contributed by atoms with E-state index in [1.54, 1.807) is 23.2 Å². The summed E-state index contributed by atoms with van der Waals surface area (Å²) in [6.45, 7) is 2.01. The van der Waals surface area contributed by atoms with Crippen LogP contribution >= 0.6 is 11.3 Å². The normalized spacial score (nSPS) is 22.4. The predicted octanol–water partition coefficient (Wildman–Crippen LogP) is 4.97. The van der Waals surface area contributed by atoms with Crippen molar-refractivity contribution in [3.05, 3.63) is 77.3 Å². The highest BCUT2D eigenvalue weighted by atomic mass is 32.1. The topological polar surface area (TPSA) is 82.6 Å². The van der Waals surface area contributed by atoms with Gasteiger partial charge in [0.1, 0.15) is 17.1 Å². The maximum atomic E-state index is 13.5. The van der Waals surface area contributed by atoms with Gasteiger partial charge in [-0.1, -0.05) is 48.5 Å². The number of carbonyl (C=O) groups excluding carboxylic acids is 3. The van der Waals surface area contributed by atoms with Crippen LogP contribution in [-0.2, 0) is 15.1 Å². The number of benzene rings is 3. The SMILES string of the molecule is CC1(c2ccc3ccccc3c2)NC(=O)N(CC(=O)N2CCCCC2c2nc3ccccc3s2)C1=O. The van der Waals surface area contributed by atoms with Crippen LogP contribution in [0, 0.1) is 0 Å². The first kappa shape index (κ1) is 22.7. The van der Waals surface area contributed by atoms with Crippen LogP contribution in [0.2, 0.25) is 0 Å². The van der Waals surface area contributed by atoms with Gasteiger partial charge in [0, 0.05) is 6.54 Å². The molecule has 4 aromatic rings. The summed E-state index contributed by atoms with van der Waals surface area (Å²) in [5.74, 6) is -0.644. The largest absolute Gasteiger partial charge is 0.332 e. The molecule has 6 rings (SSSR count). The fourth-order valence-electron chi connectivity index (χ4n) is 5.28. The molecule has 1 aromatic heterocycles. The van der Waals surface area contributed by atoms with Crippen molar-refractivity contribution in [1.29, 1.82) is 0 Å². The first-order valence-electron chi connectivity index (χ1n) is 12.2. The predicted molar refractivity (Wildman–Crippen MR) is 139 cm³/mol. The van der Waals surface area contributed by atoms with Crippen LogP contribution in [-0.4, -0.2) is 45.7 Å². The Balaban J connectivity index is 1.24. The van der Waals surface area contributed by atoms with Crippen molar-refractivity contribution in [1.82, 2.24) is 20.1 Å². The van der Waals surface area contributed by atoms with Crippen molar-refractivity contribution in [3.8, 4) is 0 Å². The van der Waals surface area contributed by atoms with Gasteiger partial charge in [-0.05, 0) is 60.7 Å². The summed E-state index contributed by atoms with van der Waals surface area (Å²) >= 11 is 1.60. The van der Waals surface area contributed by atoms with Crippen LogP contribution in [0.15, 0.2) is 66.7 Å². The Bertz CT molecular complexity index is 1480. The van der Waals surface area contributed by atoms with E-state index in [0.29, 0.717) is 12.1 Å². The number of carbonyl (C=O) groups is 3. The van der Waals surface area contributed by atoms with Gasteiger partial charge < -0.3 is 10.2 Å². The fourth-order valence-corrected chi connectivity index (χ4v) is 6.40. The number of thiazole rings is 1. The lowest BCUT2D eigenvalue weighted by atomic mass is 9.90. The lowest BCUT2D eigenvalue weighted by molar-refractivity contribution is -0.141. The Morgan fingerprint density at radius 3 is 2.67 bits per heavy atom. The molecule has 8 heteroatoms. The van der Waals surface area contributed by atoms with E-state index >= 15 is 0 Å². The van der Waals surface area contributed by atoms with Crippen LogP contribution in [0.3, 0.4) is 0 Å². The smallest absolute Gasteiger partial charge is 0.325 e. The van der Waals surface area contributed by atoms with E-state index in [9.17, 15) is 14.4 Å². The van der Waals surface area contributed by atoms with Gasteiger partial charge in [-0.3, -0.25) is 14.5 Å². The third-order valence-corrected chi connectivity index (χ3v) is 8.45. The van der Waals surface area contributed by atoms with Crippen LogP contribution in [0.25, 0.3) is 21.0 Å². The molecule has 0 radical (unpaired) electrons. The van der Waals surface area contributed by atoms with E-state index in [4.69, 9.17) is 4.98 Å². The van der Waals surface area contributed by atoms with Gasteiger partial charge in [0.15, 0.2) is 0 Å². The van der Waals surface area contributed by atoms with Crippen LogP contribution < -0.4 is 5.32 Å². The van der Waals surface area contributed by atoms with Crippen LogP contribution in [0.5, 0.6) is 0 Å². The monoisotopic (exact) mass is 498 g/mol. The van der Waals surface area contributed by atoms with Gasteiger partial charge in [0.25, 0.3) is 5.91 Å². The minimum absolute atomic E-state index is 0.142. The Hall–Kier alpha value is -3.78. The number of para-hydroxylation sites is 1. The number of hydrogen-bond donors (Lipinski definition) is 1. The van der Waals surface area contributed by atoms with Crippen molar-refractivity contribution < 1.29 is 14.4 Å². The summed E-state index contributed by atoms with van der Waals surface area (Å²) in [5, 5.41) is 5.78. The summed E-state index contributed by atoms with van der Waals surface area (Å²) < 4.78 is 1.09. The van der Waals surface area contributed by atoms with E-state index in [1.165, 1.54) is 0 Å². The zero-order chi connectivity index (χ0) is 24.9. The first-order valence-corrected chi connectivity index (χ1v) is 13.0. The fraction of sp³-hybridized carbons (Fsp3) is 0.286. The van der Waals surface area contributed by atoms with Crippen molar-refractivity contribution in [3.63, 3.8) is 0 Å². The number of fused-ring (bicyclic) bond motifs is 2. The van der Waals surface area contributed by atoms with E-state index in [0.717, 1.165) is 50.2 Å². The number of likely N-dealkylation sites (tertiary alicyclic amines) is 1. The number of nitrogens with one attached hydrogen (secondary N) is 1. The molecule has 0 bridgehead atoms. The summed E-state index contributed by atoms with van der Waals surface area (Å²) in [7, 11) is 0. The van der Waals surface area contributed by atoms with E-state index in [-0.39, 0.29) is 18.5 Å². The lowest BCUT2D eigenvalue weighted by Gasteiger charge is -2.35. The van der Waals surface area contributed by atoms with Gasteiger partial charge >= 0.3 is 6.03 Å². The molecule has 0 spiro atoms. The Morgan fingerprint density at radius 2 is 1.83 bits per heavy atom. The molecule has 0 aliphatic carbocycles. The van der Waals surface area contributed by atoms with E-state index in [1.807, 2.05) is 66.7 Å². The highest BCUT2D eigenvalue weighted by Crippen LogP contribution is 2.36. The van der Waals surface area contributed by atoms with Gasteiger partial charge in [0.2, 0.25) is 5.91 Å². The highest BCUT2D eigenvalue weighted by Gasteiger charge is 2.50. The molecule has 2 atom stereocenters. The second-order valence-electron chi connectivity index (χ2n) is 9.63. The molecule has 36 heavy (non-hydrogen) atoms. The minimum atomic E-state index is -1.23. The molecule has 2 aliphatic rings. The molecule has 2 unspecified atom stereocenters. The van der Waals surface area contributed by atoms with Crippen LogP contribution in [0.1, 0.15) is 42.8 Å². The number of amides is 4. The van der Waals surface area contributed by atoms with Crippen molar-refractivity contribution in [2.45, 2.75) is 37.8 Å². The number of piperidine rings is 1. The zero-order valence-electron chi connectivity index (χ0n) is 19.9. The molecule has 3 aromatic carbocycles. The third-order valence-electron chi connectivity index (χ3n) is 7.31. The second kappa shape index (κ2) is 8.71. The molecule has 2 aliphatic heterocycles. The summed E-state index contributed by atoms with van der Waals surface area (Å²) in [5.41, 5.74) is 0.394. The van der Waals surface area contributed by atoms with E-state index < -0.39 is 17.5 Å². The van der Waals surface area contributed by atoms with Crippen molar-refractivity contribution in [2.75, 3.05) is 13.1 Å².